The number of carbonyl (C=O) groups excluding carboxylic acids is 1. The van der Waals surface area contributed by atoms with E-state index in [-0.39, 0.29) is 5.91 Å². The molecule has 3 aromatic carbocycles. The van der Waals surface area contributed by atoms with E-state index in [1.807, 2.05) is 74.5 Å². The summed E-state index contributed by atoms with van der Waals surface area (Å²) in [5, 5.41) is 3.72. The maximum absolute atomic E-state index is 12.7. The average Bonchev–Trinajstić information content (AvgIpc) is 3.14. The van der Waals surface area contributed by atoms with E-state index >= 15 is 0 Å². The molecule has 1 aromatic heterocycles. The number of nitrogens with zero attached hydrogens (tertiary/aromatic N) is 2. The van der Waals surface area contributed by atoms with Gasteiger partial charge in [-0.25, -0.2) is 4.98 Å². The molecule has 32 heavy (non-hydrogen) atoms. The van der Waals surface area contributed by atoms with E-state index in [2.05, 4.69) is 16.0 Å². The van der Waals surface area contributed by atoms with Crippen molar-refractivity contribution in [1.29, 1.82) is 0 Å². The van der Waals surface area contributed by atoms with Gasteiger partial charge in [-0.3, -0.25) is 4.79 Å². The highest BCUT2D eigenvalue weighted by Crippen LogP contribution is 2.19. The van der Waals surface area contributed by atoms with Crippen LogP contribution >= 0.6 is 11.6 Å². The number of carbonyl (C=O) groups is 1. The topological polar surface area (TPSA) is 56.2 Å². The molecule has 0 saturated heterocycles. The summed E-state index contributed by atoms with van der Waals surface area (Å²) in [5.74, 6) is 1.54. The van der Waals surface area contributed by atoms with Crippen molar-refractivity contribution in [2.24, 2.45) is 0 Å². The number of fused-ring (bicyclic) bond motifs is 1. The first kappa shape index (κ1) is 21.9. The first-order valence-electron chi connectivity index (χ1n) is 10.7. The van der Waals surface area contributed by atoms with Gasteiger partial charge in [0.1, 0.15) is 11.6 Å². The van der Waals surface area contributed by atoms with Crippen molar-refractivity contribution in [3.8, 4) is 5.75 Å². The molecule has 0 radical (unpaired) electrons. The first-order chi connectivity index (χ1) is 15.5. The second-order valence-electron chi connectivity index (χ2n) is 7.83. The number of benzene rings is 3. The number of rotatable bonds is 8. The number of amides is 1. The molecule has 0 saturated carbocycles. The quantitative estimate of drug-likeness (QED) is 0.352. The van der Waals surface area contributed by atoms with E-state index in [1.165, 1.54) is 0 Å². The molecule has 4 aromatic rings. The molecule has 0 aliphatic rings. The van der Waals surface area contributed by atoms with E-state index in [1.54, 1.807) is 0 Å². The summed E-state index contributed by atoms with van der Waals surface area (Å²) in [6.07, 6.45) is 0.807. The van der Waals surface area contributed by atoms with Gasteiger partial charge in [0.2, 0.25) is 0 Å². The van der Waals surface area contributed by atoms with Crippen LogP contribution in [0.3, 0.4) is 0 Å². The number of hydrogen-bond acceptors (Lipinski definition) is 3. The molecule has 1 heterocycles. The van der Waals surface area contributed by atoms with Gasteiger partial charge in [0.25, 0.3) is 5.91 Å². The molecule has 4 rings (SSSR count). The van der Waals surface area contributed by atoms with Crippen LogP contribution in [0.2, 0.25) is 5.02 Å². The highest BCUT2D eigenvalue weighted by Gasteiger charge is 2.13. The van der Waals surface area contributed by atoms with Gasteiger partial charge in [0, 0.05) is 17.1 Å². The fourth-order valence-corrected chi connectivity index (χ4v) is 3.90. The van der Waals surface area contributed by atoms with E-state index in [0.717, 1.165) is 46.7 Å². The summed E-state index contributed by atoms with van der Waals surface area (Å²) >= 11 is 5.92. The Bertz CT molecular complexity index is 1230. The minimum atomic E-state index is -0.0906. The van der Waals surface area contributed by atoms with Gasteiger partial charge in [-0.2, -0.15) is 0 Å². The molecular formula is C26H26ClN3O2. The van der Waals surface area contributed by atoms with E-state index < -0.39 is 0 Å². The lowest BCUT2D eigenvalue weighted by Crippen LogP contribution is -2.25. The molecule has 0 atom stereocenters. The van der Waals surface area contributed by atoms with Gasteiger partial charge < -0.3 is 14.6 Å². The minimum absolute atomic E-state index is 0.0906. The Balaban J connectivity index is 1.43. The summed E-state index contributed by atoms with van der Waals surface area (Å²) in [4.78, 5) is 17.5. The lowest BCUT2D eigenvalue weighted by molar-refractivity contribution is 0.0949. The number of para-hydroxylation sites is 2. The second-order valence-corrected chi connectivity index (χ2v) is 8.26. The third-order valence-electron chi connectivity index (χ3n) is 5.38. The molecule has 0 aliphatic carbocycles. The summed E-state index contributed by atoms with van der Waals surface area (Å²) in [5.41, 5.74) is 4.77. The van der Waals surface area contributed by atoms with Gasteiger partial charge in [-0.15, -0.1) is 0 Å². The highest BCUT2D eigenvalue weighted by molar-refractivity contribution is 6.30. The van der Waals surface area contributed by atoms with E-state index in [0.29, 0.717) is 23.7 Å². The molecular weight excluding hydrogens is 422 g/mol. The summed E-state index contributed by atoms with van der Waals surface area (Å²) in [6, 6.07) is 21.2. The Morgan fingerprint density at radius 2 is 1.84 bits per heavy atom. The number of imidazole rings is 1. The molecule has 164 valence electrons. The van der Waals surface area contributed by atoms with Crippen molar-refractivity contribution in [2.45, 2.75) is 33.4 Å². The molecule has 1 N–H and O–H groups in total. The van der Waals surface area contributed by atoms with Crippen molar-refractivity contribution < 1.29 is 9.53 Å². The van der Waals surface area contributed by atoms with Crippen molar-refractivity contribution in [2.75, 3.05) is 6.61 Å². The molecule has 1 amide bonds. The van der Waals surface area contributed by atoms with Crippen LogP contribution in [0.4, 0.5) is 0 Å². The van der Waals surface area contributed by atoms with Gasteiger partial charge in [-0.1, -0.05) is 41.4 Å². The SMILES string of the molecule is Cc1ccc(C(=O)NCc2nc3ccccc3n2CCCOc2ccc(Cl)cc2)c(C)c1. The molecule has 0 unspecified atom stereocenters. The van der Waals surface area contributed by atoms with Crippen LogP contribution in [0.15, 0.2) is 66.7 Å². The zero-order chi connectivity index (χ0) is 22.5. The number of hydrogen-bond donors (Lipinski definition) is 1. The minimum Gasteiger partial charge on any atom is -0.494 e. The monoisotopic (exact) mass is 447 g/mol. The predicted octanol–water partition coefficient (Wildman–Crippen LogP) is 5.71. The molecule has 0 fully saturated rings. The number of aromatic nitrogens is 2. The Morgan fingerprint density at radius 1 is 1.06 bits per heavy atom. The normalized spacial score (nSPS) is 11.0. The van der Waals surface area contributed by atoms with Crippen molar-refractivity contribution in [3.63, 3.8) is 0 Å². The van der Waals surface area contributed by atoms with Crippen molar-refractivity contribution in [3.05, 3.63) is 94.3 Å². The highest BCUT2D eigenvalue weighted by atomic mass is 35.5. The van der Waals surface area contributed by atoms with Crippen LogP contribution in [-0.4, -0.2) is 22.1 Å². The van der Waals surface area contributed by atoms with Gasteiger partial charge >= 0.3 is 0 Å². The number of halogens is 1. The summed E-state index contributed by atoms with van der Waals surface area (Å²) in [6.45, 7) is 5.65. The largest absolute Gasteiger partial charge is 0.494 e. The first-order valence-corrected chi connectivity index (χ1v) is 11.1. The van der Waals surface area contributed by atoms with Gasteiger partial charge in [-0.05, 0) is 68.3 Å². The maximum Gasteiger partial charge on any atom is 0.251 e. The molecule has 0 bridgehead atoms. The molecule has 6 heteroatoms. The third-order valence-corrected chi connectivity index (χ3v) is 5.63. The van der Waals surface area contributed by atoms with E-state index in [4.69, 9.17) is 21.3 Å². The van der Waals surface area contributed by atoms with Crippen LogP contribution < -0.4 is 10.1 Å². The van der Waals surface area contributed by atoms with Gasteiger partial charge in [0.05, 0.1) is 24.2 Å². The van der Waals surface area contributed by atoms with Crippen molar-refractivity contribution >= 4 is 28.5 Å². The fourth-order valence-electron chi connectivity index (χ4n) is 3.78. The summed E-state index contributed by atoms with van der Waals surface area (Å²) < 4.78 is 7.98. The van der Waals surface area contributed by atoms with Crippen LogP contribution in [0, 0.1) is 13.8 Å². The average molecular weight is 448 g/mol. The number of aryl methyl sites for hydroxylation is 3. The fraction of sp³-hybridized carbons (Fsp3) is 0.231. The summed E-state index contributed by atoms with van der Waals surface area (Å²) in [7, 11) is 0. The van der Waals surface area contributed by atoms with Crippen LogP contribution in [0.5, 0.6) is 5.75 Å². The number of nitrogens with one attached hydrogen (secondary N) is 1. The standard InChI is InChI=1S/C26H26ClN3O2/c1-18-8-13-22(19(2)16-18)26(31)28-17-25-29-23-6-3-4-7-24(23)30(25)14-5-15-32-21-11-9-20(27)10-12-21/h3-4,6-13,16H,5,14-15,17H2,1-2H3,(H,28,31). The van der Waals surface area contributed by atoms with Gasteiger partial charge in [0.15, 0.2) is 0 Å². The van der Waals surface area contributed by atoms with E-state index in [9.17, 15) is 4.79 Å². The predicted molar refractivity (Wildman–Crippen MR) is 128 cm³/mol. The zero-order valence-electron chi connectivity index (χ0n) is 18.3. The smallest absolute Gasteiger partial charge is 0.251 e. The molecule has 0 aliphatic heterocycles. The third kappa shape index (κ3) is 5.11. The van der Waals surface area contributed by atoms with Crippen molar-refractivity contribution in [1.82, 2.24) is 14.9 Å². The van der Waals surface area contributed by atoms with Crippen LogP contribution in [-0.2, 0) is 13.1 Å². The van der Waals surface area contributed by atoms with Crippen LogP contribution in [0.25, 0.3) is 11.0 Å². The Hall–Kier alpha value is -3.31. The number of ether oxygens (including phenoxy) is 1. The second kappa shape index (κ2) is 9.88. The Morgan fingerprint density at radius 3 is 2.62 bits per heavy atom. The zero-order valence-corrected chi connectivity index (χ0v) is 19.0. The molecule has 5 nitrogen and oxygen atoms in total. The lowest BCUT2D eigenvalue weighted by Gasteiger charge is -2.12. The Labute approximate surface area is 193 Å². The Kier molecular flexibility index (Phi) is 6.76. The maximum atomic E-state index is 12.7. The molecule has 0 spiro atoms. The lowest BCUT2D eigenvalue weighted by atomic mass is 10.1. The van der Waals surface area contributed by atoms with Crippen LogP contribution in [0.1, 0.15) is 33.7 Å².